The molecular formula is C10H14ClN5OS. The first-order valence-electron chi connectivity index (χ1n) is 5.51. The summed E-state index contributed by atoms with van der Waals surface area (Å²) >= 11 is 7.96. The van der Waals surface area contributed by atoms with Crippen molar-refractivity contribution in [1.29, 1.82) is 0 Å². The number of anilines is 2. The van der Waals surface area contributed by atoms with E-state index in [4.69, 9.17) is 17.3 Å². The van der Waals surface area contributed by atoms with Gasteiger partial charge in [0.25, 0.3) is 5.91 Å². The lowest BCUT2D eigenvalue weighted by Crippen LogP contribution is -2.34. The van der Waals surface area contributed by atoms with Gasteiger partial charge < -0.3 is 16.0 Å². The Hall–Kier alpha value is -1.21. The second kappa shape index (κ2) is 5.62. The number of thioether (sulfide) groups is 1. The van der Waals surface area contributed by atoms with Gasteiger partial charge in [0.2, 0.25) is 0 Å². The van der Waals surface area contributed by atoms with E-state index in [-0.39, 0.29) is 22.6 Å². The van der Waals surface area contributed by atoms with E-state index >= 15 is 0 Å². The van der Waals surface area contributed by atoms with Crippen LogP contribution in [0.1, 0.15) is 10.5 Å². The second-order valence-corrected chi connectivity index (χ2v) is 5.33. The van der Waals surface area contributed by atoms with Crippen molar-refractivity contribution < 1.29 is 4.79 Å². The molecule has 0 aliphatic carbocycles. The molecule has 1 aromatic rings. The van der Waals surface area contributed by atoms with Gasteiger partial charge >= 0.3 is 0 Å². The maximum atomic E-state index is 11.5. The molecule has 1 fully saturated rings. The molecule has 1 aliphatic heterocycles. The first-order valence-corrected chi connectivity index (χ1v) is 7.04. The molecule has 0 spiro atoms. The molecule has 18 heavy (non-hydrogen) atoms. The van der Waals surface area contributed by atoms with E-state index in [2.05, 4.69) is 15.3 Å². The molecule has 0 unspecified atom stereocenters. The number of halogens is 1. The molecule has 0 aromatic carbocycles. The number of carbonyl (C=O) groups is 1. The van der Waals surface area contributed by atoms with Gasteiger partial charge in [-0.3, -0.25) is 4.79 Å². The summed E-state index contributed by atoms with van der Waals surface area (Å²) in [6.07, 6.45) is 0. The number of nitrogen functional groups attached to an aromatic ring is 1. The molecule has 0 saturated carbocycles. The van der Waals surface area contributed by atoms with Crippen LogP contribution < -0.4 is 16.0 Å². The Morgan fingerprint density at radius 2 is 2.11 bits per heavy atom. The summed E-state index contributed by atoms with van der Waals surface area (Å²) in [4.78, 5) is 21.8. The monoisotopic (exact) mass is 287 g/mol. The van der Waals surface area contributed by atoms with E-state index in [0.29, 0.717) is 5.82 Å². The van der Waals surface area contributed by atoms with Gasteiger partial charge in [-0.2, -0.15) is 11.8 Å². The highest BCUT2D eigenvalue weighted by atomic mass is 35.5. The van der Waals surface area contributed by atoms with Crippen LogP contribution in [0.4, 0.5) is 11.6 Å². The molecule has 1 saturated heterocycles. The van der Waals surface area contributed by atoms with Gasteiger partial charge in [0.05, 0.1) is 0 Å². The van der Waals surface area contributed by atoms with Crippen molar-refractivity contribution in [3.8, 4) is 0 Å². The van der Waals surface area contributed by atoms with Crippen LogP contribution in [-0.2, 0) is 0 Å². The predicted octanol–water partition coefficient (Wildman–Crippen LogP) is 0.625. The van der Waals surface area contributed by atoms with Crippen LogP contribution in [0.3, 0.4) is 0 Å². The summed E-state index contributed by atoms with van der Waals surface area (Å²) in [5.41, 5.74) is 5.82. The normalized spacial score (nSPS) is 15.6. The number of nitrogens with two attached hydrogens (primary N) is 1. The van der Waals surface area contributed by atoms with Gasteiger partial charge in [-0.25, -0.2) is 9.97 Å². The zero-order chi connectivity index (χ0) is 13.1. The summed E-state index contributed by atoms with van der Waals surface area (Å²) in [6, 6.07) is 0. The van der Waals surface area contributed by atoms with Gasteiger partial charge in [-0.05, 0) is 0 Å². The fourth-order valence-electron chi connectivity index (χ4n) is 1.68. The van der Waals surface area contributed by atoms with E-state index in [1.165, 1.54) is 7.05 Å². The molecule has 1 amide bonds. The Morgan fingerprint density at radius 1 is 1.44 bits per heavy atom. The number of hydrogen-bond donors (Lipinski definition) is 2. The molecule has 98 valence electrons. The van der Waals surface area contributed by atoms with Crippen molar-refractivity contribution in [2.75, 3.05) is 42.3 Å². The van der Waals surface area contributed by atoms with E-state index < -0.39 is 0 Å². The van der Waals surface area contributed by atoms with Crippen molar-refractivity contribution in [3.05, 3.63) is 10.8 Å². The average molecular weight is 288 g/mol. The predicted molar refractivity (Wildman–Crippen MR) is 74.4 cm³/mol. The van der Waals surface area contributed by atoms with Crippen molar-refractivity contribution in [1.82, 2.24) is 15.3 Å². The highest BCUT2D eigenvalue weighted by Gasteiger charge is 2.20. The number of nitrogens with zero attached hydrogens (tertiary/aromatic N) is 3. The molecule has 2 rings (SSSR count). The number of hydrogen-bond acceptors (Lipinski definition) is 6. The lowest BCUT2D eigenvalue weighted by molar-refractivity contribution is 0.0959. The van der Waals surface area contributed by atoms with E-state index in [1.807, 2.05) is 16.7 Å². The van der Waals surface area contributed by atoms with Crippen molar-refractivity contribution in [2.45, 2.75) is 0 Å². The zero-order valence-corrected chi connectivity index (χ0v) is 11.5. The third kappa shape index (κ3) is 2.62. The van der Waals surface area contributed by atoms with Gasteiger partial charge in [-0.15, -0.1) is 0 Å². The maximum Gasteiger partial charge on any atom is 0.273 e. The smallest absolute Gasteiger partial charge is 0.273 e. The van der Waals surface area contributed by atoms with Crippen molar-refractivity contribution >= 4 is 40.9 Å². The maximum absolute atomic E-state index is 11.5. The lowest BCUT2D eigenvalue weighted by atomic mass is 10.3. The van der Waals surface area contributed by atoms with Crippen LogP contribution in [0.15, 0.2) is 0 Å². The molecule has 1 aromatic heterocycles. The molecule has 6 nitrogen and oxygen atoms in total. The van der Waals surface area contributed by atoms with Crippen LogP contribution in [-0.4, -0.2) is 47.5 Å². The Labute approximate surface area is 114 Å². The minimum absolute atomic E-state index is 0.0673. The van der Waals surface area contributed by atoms with Gasteiger partial charge in [0.15, 0.2) is 22.5 Å². The SMILES string of the molecule is CNC(=O)c1nc(Cl)c(N2CCSCC2)nc1N. The number of nitrogens with one attached hydrogen (secondary N) is 1. The summed E-state index contributed by atoms with van der Waals surface area (Å²) in [5, 5.41) is 2.67. The molecule has 0 atom stereocenters. The van der Waals surface area contributed by atoms with Crippen molar-refractivity contribution in [2.24, 2.45) is 0 Å². The number of amides is 1. The second-order valence-electron chi connectivity index (χ2n) is 3.75. The van der Waals surface area contributed by atoms with Crippen LogP contribution >= 0.6 is 23.4 Å². The van der Waals surface area contributed by atoms with E-state index in [9.17, 15) is 4.79 Å². The van der Waals surface area contributed by atoms with Crippen molar-refractivity contribution in [3.63, 3.8) is 0 Å². The van der Waals surface area contributed by atoms with Crippen LogP contribution in [0.2, 0.25) is 5.15 Å². The lowest BCUT2D eigenvalue weighted by Gasteiger charge is -2.28. The minimum Gasteiger partial charge on any atom is -0.382 e. The Kier molecular flexibility index (Phi) is 4.13. The summed E-state index contributed by atoms with van der Waals surface area (Å²) < 4.78 is 0. The fourth-order valence-corrected chi connectivity index (χ4v) is 2.83. The number of rotatable bonds is 2. The summed E-state index contributed by atoms with van der Waals surface area (Å²) in [6.45, 7) is 1.72. The number of carbonyl (C=O) groups excluding carboxylic acids is 1. The Balaban J connectivity index is 2.33. The largest absolute Gasteiger partial charge is 0.382 e. The molecule has 0 bridgehead atoms. The molecule has 3 N–H and O–H groups in total. The summed E-state index contributed by atoms with van der Waals surface area (Å²) in [7, 11) is 1.51. The third-order valence-corrected chi connectivity index (χ3v) is 3.81. The van der Waals surface area contributed by atoms with E-state index in [1.54, 1.807) is 0 Å². The zero-order valence-electron chi connectivity index (χ0n) is 9.94. The fraction of sp³-hybridized carbons (Fsp3) is 0.500. The first-order chi connectivity index (χ1) is 8.63. The first kappa shape index (κ1) is 13.2. The standard InChI is InChI=1S/C10H14ClN5OS/c1-13-10(17)6-8(12)15-9(7(11)14-6)16-2-4-18-5-3-16/h2-5H2,1H3,(H2,12,15)(H,13,17). The number of aromatic nitrogens is 2. The summed E-state index contributed by atoms with van der Waals surface area (Å²) in [5.74, 6) is 2.32. The third-order valence-electron chi connectivity index (χ3n) is 2.62. The Morgan fingerprint density at radius 3 is 2.72 bits per heavy atom. The molecular weight excluding hydrogens is 274 g/mol. The topological polar surface area (TPSA) is 84.1 Å². The average Bonchev–Trinajstić information content (AvgIpc) is 2.41. The minimum atomic E-state index is -0.386. The molecule has 2 heterocycles. The highest BCUT2D eigenvalue weighted by molar-refractivity contribution is 7.99. The Bertz CT molecular complexity index is 464. The molecule has 1 aliphatic rings. The van der Waals surface area contributed by atoms with E-state index in [0.717, 1.165) is 24.6 Å². The van der Waals surface area contributed by atoms with Gasteiger partial charge in [0, 0.05) is 31.6 Å². The quantitative estimate of drug-likeness (QED) is 0.830. The van der Waals surface area contributed by atoms with Crippen LogP contribution in [0, 0.1) is 0 Å². The van der Waals surface area contributed by atoms with Gasteiger partial charge in [-0.1, -0.05) is 11.6 Å². The molecule has 8 heteroatoms. The van der Waals surface area contributed by atoms with Gasteiger partial charge in [0.1, 0.15) is 0 Å². The van der Waals surface area contributed by atoms with Crippen LogP contribution in [0.5, 0.6) is 0 Å². The molecule has 0 radical (unpaired) electrons. The highest BCUT2D eigenvalue weighted by Crippen LogP contribution is 2.26. The van der Waals surface area contributed by atoms with Crippen LogP contribution in [0.25, 0.3) is 0 Å².